The highest BCUT2D eigenvalue weighted by atomic mass is 19.4. The molecular formula is C21H26F3N3O4. The molecule has 0 aromatic heterocycles. The van der Waals surface area contributed by atoms with Crippen LogP contribution in [0, 0.1) is 11.8 Å². The van der Waals surface area contributed by atoms with E-state index in [0.717, 1.165) is 49.9 Å². The van der Waals surface area contributed by atoms with Crippen LogP contribution in [0.15, 0.2) is 24.3 Å². The van der Waals surface area contributed by atoms with E-state index in [1.54, 1.807) is 0 Å². The number of halogens is 3. The fraction of sp³-hybridized carbons (Fsp3) is 0.571. The molecule has 1 heterocycles. The van der Waals surface area contributed by atoms with E-state index in [2.05, 4.69) is 0 Å². The lowest BCUT2D eigenvalue weighted by Crippen LogP contribution is -2.49. The number of rotatable bonds is 7. The van der Waals surface area contributed by atoms with Crippen molar-refractivity contribution in [2.24, 2.45) is 11.8 Å². The van der Waals surface area contributed by atoms with Gasteiger partial charge in [0.1, 0.15) is 0 Å². The van der Waals surface area contributed by atoms with Gasteiger partial charge in [-0.25, -0.2) is 10.1 Å². The molecule has 1 N–H and O–H groups in total. The molecule has 170 valence electrons. The first-order chi connectivity index (χ1) is 14.7. The van der Waals surface area contributed by atoms with Crippen LogP contribution in [-0.2, 0) is 15.8 Å². The summed E-state index contributed by atoms with van der Waals surface area (Å²) in [5.41, 5.74) is -0.802. The van der Waals surface area contributed by atoms with Crippen molar-refractivity contribution in [1.82, 2.24) is 15.1 Å². The molecule has 1 aliphatic heterocycles. The van der Waals surface area contributed by atoms with Crippen LogP contribution >= 0.6 is 0 Å². The second-order valence-electron chi connectivity index (χ2n) is 8.13. The number of carbonyl (C=O) groups is 3. The molecule has 0 spiro atoms. The van der Waals surface area contributed by atoms with E-state index in [0.29, 0.717) is 30.4 Å². The molecule has 1 aromatic rings. The summed E-state index contributed by atoms with van der Waals surface area (Å²) in [5, 5.41) is 12.7. The van der Waals surface area contributed by atoms with Gasteiger partial charge in [-0.1, -0.05) is 25.7 Å². The highest BCUT2D eigenvalue weighted by Crippen LogP contribution is 2.32. The Morgan fingerprint density at radius 2 is 1.71 bits per heavy atom. The number of hydroxylamine groups is 2. The van der Waals surface area contributed by atoms with Gasteiger partial charge in [-0.05, 0) is 43.0 Å². The summed E-state index contributed by atoms with van der Waals surface area (Å²) in [6.07, 6.45) is 0.875. The predicted octanol–water partition coefficient (Wildman–Crippen LogP) is 3.34. The van der Waals surface area contributed by atoms with Crippen molar-refractivity contribution < 1.29 is 32.8 Å². The first kappa shape index (κ1) is 23.1. The molecule has 0 radical (unpaired) electrons. The van der Waals surface area contributed by atoms with Crippen LogP contribution in [0.1, 0.15) is 54.4 Å². The third-order valence-electron chi connectivity index (χ3n) is 5.95. The maximum Gasteiger partial charge on any atom is 0.416 e. The molecule has 3 rings (SSSR count). The largest absolute Gasteiger partial charge is 0.416 e. The van der Waals surface area contributed by atoms with Gasteiger partial charge in [-0.3, -0.25) is 24.6 Å². The Hall–Kier alpha value is -2.62. The van der Waals surface area contributed by atoms with Crippen LogP contribution in [0.5, 0.6) is 0 Å². The minimum atomic E-state index is -4.50. The van der Waals surface area contributed by atoms with Gasteiger partial charge in [-0.2, -0.15) is 13.2 Å². The van der Waals surface area contributed by atoms with Gasteiger partial charge in [-0.15, -0.1) is 0 Å². The number of hydrazine groups is 1. The summed E-state index contributed by atoms with van der Waals surface area (Å²) < 4.78 is 38.3. The quantitative estimate of drug-likeness (QED) is 0.400. The van der Waals surface area contributed by atoms with Crippen LogP contribution in [0.2, 0.25) is 0 Å². The lowest BCUT2D eigenvalue weighted by atomic mass is 9.92. The van der Waals surface area contributed by atoms with E-state index in [1.165, 1.54) is 10.0 Å². The topological polar surface area (TPSA) is 81.2 Å². The Morgan fingerprint density at radius 1 is 1.10 bits per heavy atom. The molecule has 7 nitrogen and oxygen atoms in total. The second-order valence-corrected chi connectivity index (χ2v) is 8.13. The number of carbonyl (C=O) groups excluding carboxylic acids is 3. The smallest absolute Gasteiger partial charge is 0.286 e. The Kier molecular flexibility index (Phi) is 7.19. The number of benzene rings is 1. The summed E-state index contributed by atoms with van der Waals surface area (Å²) in [6.45, 7) is 0.384. The fourth-order valence-corrected chi connectivity index (χ4v) is 4.38. The van der Waals surface area contributed by atoms with Gasteiger partial charge in [0.05, 0.1) is 18.0 Å². The van der Waals surface area contributed by atoms with E-state index >= 15 is 0 Å². The van der Waals surface area contributed by atoms with E-state index in [9.17, 15) is 32.8 Å². The minimum absolute atomic E-state index is 0.0525. The molecule has 10 heteroatoms. The summed E-state index contributed by atoms with van der Waals surface area (Å²) in [6, 6.07) is 3.88. The highest BCUT2D eigenvalue weighted by Gasteiger charge is 2.37. The normalized spacial score (nSPS) is 18.3. The molecular weight excluding hydrogens is 415 g/mol. The number of nitrogens with zero attached hydrogens (tertiary/aromatic N) is 3. The van der Waals surface area contributed by atoms with Gasteiger partial charge in [0.25, 0.3) is 5.91 Å². The number of hydrogen-bond acceptors (Lipinski definition) is 4. The zero-order chi connectivity index (χ0) is 22.6. The lowest BCUT2D eigenvalue weighted by Gasteiger charge is -2.32. The van der Waals surface area contributed by atoms with Crippen molar-refractivity contribution in [2.75, 3.05) is 19.6 Å². The third-order valence-corrected chi connectivity index (χ3v) is 5.95. The van der Waals surface area contributed by atoms with E-state index in [-0.39, 0.29) is 31.0 Å². The van der Waals surface area contributed by atoms with Crippen molar-refractivity contribution in [2.45, 2.75) is 44.7 Å². The van der Waals surface area contributed by atoms with Crippen LogP contribution in [0.3, 0.4) is 0 Å². The molecule has 1 atom stereocenters. The van der Waals surface area contributed by atoms with E-state index < -0.39 is 23.6 Å². The van der Waals surface area contributed by atoms with Crippen molar-refractivity contribution >= 4 is 18.2 Å². The highest BCUT2D eigenvalue weighted by molar-refractivity contribution is 5.96. The Bertz CT molecular complexity index is 794. The molecule has 31 heavy (non-hydrogen) atoms. The average Bonchev–Trinajstić information content (AvgIpc) is 3.43. The second kappa shape index (κ2) is 9.67. The van der Waals surface area contributed by atoms with Gasteiger partial charge >= 0.3 is 6.18 Å². The molecule has 1 saturated heterocycles. The molecule has 1 aromatic carbocycles. The predicted molar refractivity (Wildman–Crippen MR) is 103 cm³/mol. The van der Waals surface area contributed by atoms with Gasteiger partial charge in [0.2, 0.25) is 12.3 Å². The minimum Gasteiger partial charge on any atom is -0.286 e. The summed E-state index contributed by atoms with van der Waals surface area (Å²) >= 11 is 0. The number of alkyl halides is 3. The molecule has 3 amide bonds. The Balaban J connectivity index is 1.75. The van der Waals surface area contributed by atoms with Gasteiger partial charge < -0.3 is 0 Å². The van der Waals surface area contributed by atoms with Gasteiger partial charge in [0, 0.05) is 18.7 Å². The Labute approximate surface area is 178 Å². The standard InChI is InChI=1S/C21H26F3N3O4/c22-21(23,24)18-8-6-16(7-9-18)19(29)26-10-3-11-27(26)20(30)17(13-25(31)14-28)12-15-4-1-2-5-15/h6-9,14-15,17,31H,1-5,10-13H2/t17-/m1/s1. The third kappa shape index (κ3) is 5.55. The SMILES string of the molecule is O=CN(O)C[C@@H](CC1CCCC1)C(=O)N1CCCN1C(=O)c1ccc(C(F)(F)F)cc1. The summed E-state index contributed by atoms with van der Waals surface area (Å²) in [5.74, 6) is -1.28. The summed E-state index contributed by atoms with van der Waals surface area (Å²) in [4.78, 5) is 37.0. The van der Waals surface area contributed by atoms with Crippen LogP contribution < -0.4 is 0 Å². The van der Waals surface area contributed by atoms with Crippen LogP contribution in [-0.4, -0.2) is 58.1 Å². The van der Waals surface area contributed by atoms with Crippen molar-refractivity contribution in [3.63, 3.8) is 0 Å². The summed E-state index contributed by atoms with van der Waals surface area (Å²) in [7, 11) is 0. The maximum absolute atomic E-state index is 13.2. The fourth-order valence-electron chi connectivity index (χ4n) is 4.38. The molecule has 2 aliphatic rings. The molecule has 0 bridgehead atoms. The zero-order valence-electron chi connectivity index (χ0n) is 17.1. The monoisotopic (exact) mass is 441 g/mol. The Morgan fingerprint density at radius 3 is 2.29 bits per heavy atom. The van der Waals surface area contributed by atoms with Crippen molar-refractivity contribution in [3.8, 4) is 0 Å². The zero-order valence-corrected chi connectivity index (χ0v) is 17.1. The average molecular weight is 441 g/mol. The molecule has 1 saturated carbocycles. The lowest BCUT2D eigenvalue weighted by molar-refractivity contribution is -0.160. The number of hydrogen-bond donors (Lipinski definition) is 1. The first-order valence-corrected chi connectivity index (χ1v) is 10.4. The van der Waals surface area contributed by atoms with Crippen molar-refractivity contribution in [3.05, 3.63) is 35.4 Å². The molecule has 2 fully saturated rings. The maximum atomic E-state index is 13.2. The molecule has 1 aliphatic carbocycles. The van der Waals surface area contributed by atoms with Crippen LogP contribution in [0.25, 0.3) is 0 Å². The van der Waals surface area contributed by atoms with Crippen LogP contribution in [0.4, 0.5) is 13.2 Å². The number of amides is 3. The van der Waals surface area contributed by atoms with Crippen molar-refractivity contribution in [1.29, 1.82) is 0 Å². The molecule has 0 unspecified atom stereocenters. The van der Waals surface area contributed by atoms with Gasteiger partial charge in [0.15, 0.2) is 0 Å². The van der Waals surface area contributed by atoms with E-state index in [1.807, 2.05) is 0 Å². The van der Waals surface area contributed by atoms with E-state index in [4.69, 9.17) is 0 Å². The first-order valence-electron chi connectivity index (χ1n) is 10.4.